The molecule has 1 saturated heterocycles. The molecule has 1 unspecified atom stereocenters. The molecule has 5 aromatic rings. The van der Waals surface area contributed by atoms with Crippen LogP contribution in [0.4, 0.5) is 5.95 Å². The first-order chi connectivity index (χ1) is 21.6. The number of ether oxygens (including phenoxy) is 1. The molecule has 1 atom stereocenters. The molecule has 3 heterocycles. The van der Waals surface area contributed by atoms with E-state index in [2.05, 4.69) is 45.1 Å². The fourth-order valence-electron chi connectivity index (χ4n) is 6.18. The Hall–Kier alpha value is -4.56. The number of piperidine rings is 1. The van der Waals surface area contributed by atoms with E-state index in [0.717, 1.165) is 73.0 Å². The number of carbonyl (C=O) groups excluding carboxylic acids is 1. The van der Waals surface area contributed by atoms with Crippen LogP contribution in [-0.4, -0.2) is 71.6 Å². The van der Waals surface area contributed by atoms with Gasteiger partial charge < -0.3 is 28.8 Å². The van der Waals surface area contributed by atoms with Gasteiger partial charge >= 0.3 is 0 Å². The summed E-state index contributed by atoms with van der Waals surface area (Å²) in [5.41, 5.74) is 4.03. The molecule has 6 rings (SSSR count). The van der Waals surface area contributed by atoms with Gasteiger partial charge in [0.05, 0.1) is 31.0 Å². The van der Waals surface area contributed by atoms with Crippen molar-refractivity contribution >= 4 is 22.9 Å². The number of aromatic nitrogens is 2. The van der Waals surface area contributed by atoms with Gasteiger partial charge in [-0.1, -0.05) is 42.5 Å². The Morgan fingerprint density at radius 2 is 1.75 bits per heavy atom. The first kappa shape index (κ1) is 29.5. The van der Waals surface area contributed by atoms with Crippen molar-refractivity contribution in [2.24, 2.45) is 0 Å². The summed E-state index contributed by atoms with van der Waals surface area (Å²) in [5.74, 6) is 2.92. The number of furan rings is 1. The normalized spacial score (nSPS) is 14.9. The Labute approximate surface area is 259 Å². The van der Waals surface area contributed by atoms with Crippen LogP contribution in [0.2, 0.25) is 0 Å². The van der Waals surface area contributed by atoms with Crippen molar-refractivity contribution < 1.29 is 13.9 Å². The lowest BCUT2D eigenvalue weighted by atomic mass is 9.94. The number of imidazole rings is 1. The number of carbonyl (C=O) groups is 1. The van der Waals surface area contributed by atoms with Crippen molar-refractivity contribution in [3.8, 4) is 5.75 Å². The predicted molar refractivity (Wildman–Crippen MR) is 174 cm³/mol. The van der Waals surface area contributed by atoms with E-state index < -0.39 is 0 Å². The third-order valence-corrected chi connectivity index (χ3v) is 8.71. The van der Waals surface area contributed by atoms with Gasteiger partial charge in [0, 0.05) is 44.2 Å². The molecule has 44 heavy (non-hydrogen) atoms. The van der Waals surface area contributed by atoms with Crippen LogP contribution in [0.3, 0.4) is 0 Å². The van der Waals surface area contributed by atoms with Gasteiger partial charge in [0.2, 0.25) is 5.95 Å². The maximum absolute atomic E-state index is 13.2. The Bertz CT molecular complexity index is 1620. The number of hydrogen-bond donors (Lipinski definition) is 1. The summed E-state index contributed by atoms with van der Waals surface area (Å²) in [6.45, 7) is 4.31. The molecular weight excluding hydrogens is 550 g/mol. The molecule has 3 aromatic carbocycles. The Morgan fingerprint density at radius 3 is 2.48 bits per heavy atom. The predicted octanol–water partition coefficient (Wildman–Crippen LogP) is 6.51. The molecule has 1 aliphatic rings. The molecule has 1 amide bonds. The molecule has 8 heteroatoms. The van der Waals surface area contributed by atoms with E-state index in [0.29, 0.717) is 19.1 Å². The highest BCUT2D eigenvalue weighted by molar-refractivity contribution is 5.94. The minimum atomic E-state index is 0.0501. The number of anilines is 1. The van der Waals surface area contributed by atoms with Crippen LogP contribution in [0, 0.1) is 0 Å². The number of amides is 1. The van der Waals surface area contributed by atoms with Gasteiger partial charge in [-0.15, -0.1) is 0 Å². The number of fused-ring (bicyclic) bond motifs is 1. The highest BCUT2D eigenvalue weighted by atomic mass is 16.5. The highest BCUT2D eigenvalue weighted by Gasteiger charge is 2.24. The molecule has 0 saturated carbocycles. The maximum atomic E-state index is 13.2. The minimum Gasteiger partial charge on any atom is -0.497 e. The second kappa shape index (κ2) is 13.8. The summed E-state index contributed by atoms with van der Waals surface area (Å²) in [7, 11) is 3.59. The van der Waals surface area contributed by atoms with Crippen molar-refractivity contribution in [1.82, 2.24) is 19.4 Å². The molecule has 228 valence electrons. The zero-order valence-corrected chi connectivity index (χ0v) is 25.6. The first-order valence-corrected chi connectivity index (χ1v) is 15.5. The number of nitrogens with zero attached hydrogens (tertiary/aromatic N) is 4. The van der Waals surface area contributed by atoms with Gasteiger partial charge in [-0.2, -0.15) is 0 Å². The standard InChI is InChI=1S/C36H41N5O3/c1-39(35(42)28-9-4-3-5-10-28)25-29(27-14-16-31(43-2)17-15-27)18-21-40-22-19-30(20-23-40)37-36-38-33-12-6-7-13-34(33)41(36)26-32-11-8-24-44-32/h3-17,24,29-30H,18-23,25-26H2,1-2H3,(H,37,38). The summed E-state index contributed by atoms with van der Waals surface area (Å²) in [6, 6.07) is 30.4. The maximum Gasteiger partial charge on any atom is 0.253 e. The number of likely N-dealkylation sites (N-methyl/N-ethyl adjacent to an activating group) is 1. The van der Waals surface area contributed by atoms with Crippen molar-refractivity contribution in [2.75, 3.05) is 45.7 Å². The number of likely N-dealkylation sites (tertiary alicyclic amines) is 1. The Kier molecular flexibility index (Phi) is 9.27. The fourth-order valence-corrected chi connectivity index (χ4v) is 6.18. The van der Waals surface area contributed by atoms with Crippen LogP contribution in [0.25, 0.3) is 11.0 Å². The second-order valence-corrected chi connectivity index (χ2v) is 11.7. The molecule has 8 nitrogen and oxygen atoms in total. The molecular formula is C36H41N5O3. The highest BCUT2D eigenvalue weighted by Crippen LogP contribution is 2.27. The summed E-state index contributed by atoms with van der Waals surface area (Å²) < 4.78 is 13.3. The molecule has 0 bridgehead atoms. The van der Waals surface area contributed by atoms with E-state index in [1.54, 1.807) is 13.4 Å². The Balaban J connectivity index is 1.08. The zero-order chi connectivity index (χ0) is 30.3. The van der Waals surface area contributed by atoms with E-state index in [1.165, 1.54) is 5.56 Å². The largest absolute Gasteiger partial charge is 0.497 e. The lowest BCUT2D eigenvalue weighted by Gasteiger charge is -2.34. The average Bonchev–Trinajstić information content (AvgIpc) is 3.72. The molecule has 1 aliphatic heterocycles. The molecule has 0 radical (unpaired) electrons. The quantitative estimate of drug-likeness (QED) is 0.178. The fraction of sp³-hybridized carbons (Fsp3) is 0.333. The van der Waals surface area contributed by atoms with E-state index in [-0.39, 0.29) is 11.8 Å². The number of para-hydroxylation sites is 2. The smallest absolute Gasteiger partial charge is 0.253 e. The number of hydrogen-bond acceptors (Lipinski definition) is 6. The third-order valence-electron chi connectivity index (χ3n) is 8.71. The van der Waals surface area contributed by atoms with Crippen LogP contribution in [0.5, 0.6) is 5.75 Å². The molecule has 2 aromatic heterocycles. The topological polar surface area (TPSA) is 75.8 Å². The van der Waals surface area contributed by atoms with Crippen LogP contribution >= 0.6 is 0 Å². The number of benzene rings is 3. The van der Waals surface area contributed by atoms with Gasteiger partial charge in [0.25, 0.3) is 5.91 Å². The van der Waals surface area contributed by atoms with E-state index in [4.69, 9.17) is 14.1 Å². The summed E-state index contributed by atoms with van der Waals surface area (Å²) in [4.78, 5) is 22.5. The van der Waals surface area contributed by atoms with Gasteiger partial charge in [-0.25, -0.2) is 4.98 Å². The third kappa shape index (κ3) is 6.97. The zero-order valence-electron chi connectivity index (χ0n) is 25.6. The van der Waals surface area contributed by atoms with E-state index in [1.807, 2.05) is 72.6 Å². The molecule has 1 fully saturated rings. The number of rotatable bonds is 12. The van der Waals surface area contributed by atoms with Crippen molar-refractivity contribution in [3.05, 3.63) is 114 Å². The number of methoxy groups -OCH3 is 1. The molecule has 0 aliphatic carbocycles. The van der Waals surface area contributed by atoms with Crippen LogP contribution in [-0.2, 0) is 6.54 Å². The van der Waals surface area contributed by atoms with Gasteiger partial charge in [-0.05, 0) is 79.9 Å². The molecule has 1 N–H and O–H groups in total. The minimum absolute atomic E-state index is 0.0501. The van der Waals surface area contributed by atoms with E-state index >= 15 is 0 Å². The van der Waals surface area contributed by atoms with Crippen LogP contribution in [0.15, 0.2) is 102 Å². The molecule has 0 spiro atoms. The summed E-state index contributed by atoms with van der Waals surface area (Å²) in [5, 5.41) is 3.76. The lowest BCUT2D eigenvalue weighted by Crippen LogP contribution is -2.40. The van der Waals surface area contributed by atoms with E-state index in [9.17, 15) is 4.79 Å². The van der Waals surface area contributed by atoms with Gasteiger partial charge in [0.15, 0.2) is 0 Å². The van der Waals surface area contributed by atoms with Crippen LogP contribution < -0.4 is 10.1 Å². The lowest BCUT2D eigenvalue weighted by molar-refractivity contribution is 0.0782. The van der Waals surface area contributed by atoms with Crippen molar-refractivity contribution in [2.45, 2.75) is 37.8 Å². The second-order valence-electron chi connectivity index (χ2n) is 11.7. The number of nitrogens with one attached hydrogen (secondary N) is 1. The van der Waals surface area contributed by atoms with Crippen LogP contribution in [0.1, 0.15) is 46.9 Å². The monoisotopic (exact) mass is 591 g/mol. The average molecular weight is 592 g/mol. The van der Waals surface area contributed by atoms with Crippen molar-refractivity contribution in [3.63, 3.8) is 0 Å². The summed E-state index contributed by atoms with van der Waals surface area (Å²) >= 11 is 0. The SMILES string of the molecule is COc1ccc(C(CCN2CCC(Nc3nc4ccccc4n3Cc3ccco3)CC2)CN(C)C(=O)c2ccccc2)cc1. The van der Waals surface area contributed by atoms with Gasteiger partial charge in [-0.3, -0.25) is 4.79 Å². The Morgan fingerprint density at radius 1 is 1.00 bits per heavy atom. The van der Waals surface area contributed by atoms with Gasteiger partial charge in [0.1, 0.15) is 11.5 Å². The van der Waals surface area contributed by atoms with Crippen molar-refractivity contribution in [1.29, 1.82) is 0 Å². The summed E-state index contributed by atoms with van der Waals surface area (Å²) in [6.07, 6.45) is 4.78. The first-order valence-electron chi connectivity index (χ1n) is 15.5.